The second-order valence-corrected chi connectivity index (χ2v) is 5.37. The van der Waals surface area contributed by atoms with Crippen molar-refractivity contribution in [1.82, 2.24) is 5.32 Å². The number of amides is 2. The summed E-state index contributed by atoms with van der Waals surface area (Å²) in [5, 5.41) is 5.21. The molecule has 132 valence electrons. The Labute approximate surface area is 143 Å². The molecule has 0 radical (unpaired) electrons. The Morgan fingerprint density at radius 3 is 2.24 bits per heavy atom. The first-order valence-corrected chi connectivity index (χ1v) is 7.68. The van der Waals surface area contributed by atoms with Crippen LogP contribution in [0.15, 0.2) is 48.5 Å². The molecule has 2 rings (SSSR count). The van der Waals surface area contributed by atoms with Crippen molar-refractivity contribution in [3.05, 3.63) is 65.2 Å². The van der Waals surface area contributed by atoms with Crippen LogP contribution in [0.2, 0.25) is 0 Å². The van der Waals surface area contributed by atoms with Gasteiger partial charge in [0, 0.05) is 23.4 Å². The molecule has 0 saturated heterocycles. The van der Waals surface area contributed by atoms with Crippen LogP contribution in [0.1, 0.15) is 39.6 Å². The summed E-state index contributed by atoms with van der Waals surface area (Å²) >= 11 is 0. The molecule has 0 aromatic heterocycles. The Morgan fingerprint density at radius 1 is 0.960 bits per heavy atom. The Balaban J connectivity index is 2.14. The molecule has 4 nitrogen and oxygen atoms in total. The predicted octanol–water partition coefficient (Wildman–Crippen LogP) is 4.10. The molecular formula is C18H17F3N2O2. The number of carbonyl (C=O) groups excluding carboxylic acids is 2. The van der Waals surface area contributed by atoms with Crippen molar-refractivity contribution in [2.75, 3.05) is 11.9 Å². The summed E-state index contributed by atoms with van der Waals surface area (Å²) in [4.78, 5) is 24.1. The van der Waals surface area contributed by atoms with Gasteiger partial charge in [-0.1, -0.05) is 19.1 Å². The highest BCUT2D eigenvalue weighted by atomic mass is 19.4. The van der Waals surface area contributed by atoms with Crippen molar-refractivity contribution in [3.63, 3.8) is 0 Å². The number of halogens is 3. The molecule has 2 N–H and O–H groups in total. The van der Waals surface area contributed by atoms with Gasteiger partial charge in [-0.3, -0.25) is 9.59 Å². The zero-order valence-electron chi connectivity index (χ0n) is 13.5. The summed E-state index contributed by atoms with van der Waals surface area (Å²) in [6.45, 7) is 2.45. The first-order valence-electron chi connectivity index (χ1n) is 7.68. The molecule has 0 bridgehead atoms. The van der Waals surface area contributed by atoms with E-state index in [0.717, 1.165) is 18.6 Å². The molecule has 7 heteroatoms. The van der Waals surface area contributed by atoms with Gasteiger partial charge < -0.3 is 10.6 Å². The van der Waals surface area contributed by atoms with Gasteiger partial charge in [0.1, 0.15) is 0 Å². The van der Waals surface area contributed by atoms with Gasteiger partial charge in [-0.15, -0.1) is 0 Å². The van der Waals surface area contributed by atoms with E-state index in [9.17, 15) is 22.8 Å². The number of hydrogen-bond acceptors (Lipinski definition) is 2. The normalized spacial score (nSPS) is 11.0. The fourth-order valence-electron chi connectivity index (χ4n) is 2.12. The van der Waals surface area contributed by atoms with Gasteiger partial charge in [0.15, 0.2) is 0 Å². The molecule has 2 aromatic carbocycles. The number of carbonyl (C=O) groups is 2. The van der Waals surface area contributed by atoms with Gasteiger partial charge in [-0.05, 0) is 42.8 Å². The molecule has 0 atom stereocenters. The van der Waals surface area contributed by atoms with E-state index in [1.165, 1.54) is 18.2 Å². The zero-order valence-corrected chi connectivity index (χ0v) is 13.5. The molecule has 0 aliphatic carbocycles. The maximum atomic E-state index is 12.7. The summed E-state index contributed by atoms with van der Waals surface area (Å²) in [6, 6.07) is 10.4. The van der Waals surface area contributed by atoms with Crippen LogP contribution in [-0.2, 0) is 6.18 Å². The van der Waals surface area contributed by atoms with Crippen LogP contribution in [0, 0.1) is 0 Å². The molecule has 2 amide bonds. The molecule has 0 aliphatic rings. The second kappa shape index (κ2) is 7.83. The lowest BCUT2D eigenvalue weighted by Crippen LogP contribution is -2.24. The summed E-state index contributed by atoms with van der Waals surface area (Å²) < 4.78 is 38.2. The molecular weight excluding hydrogens is 333 g/mol. The van der Waals surface area contributed by atoms with Crippen molar-refractivity contribution in [3.8, 4) is 0 Å². The highest BCUT2D eigenvalue weighted by molar-refractivity contribution is 6.05. The van der Waals surface area contributed by atoms with Crippen LogP contribution in [0.25, 0.3) is 0 Å². The van der Waals surface area contributed by atoms with E-state index in [0.29, 0.717) is 17.8 Å². The van der Waals surface area contributed by atoms with Crippen LogP contribution in [0.4, 0.5) is 18.9 Å². The van der Waals surface area contributed by atoms with Crippen molar-refractivity contribution >= 4 is 17.5 Å². The third-order valence-electron chi connectivity index (χ3n) is 3.37. The fourth-order valence-corrected chi connectivity index (χ4v) is 2.12. The number of hydrogen-bond donors (Lipinski definition) is 2. The van der Waals surface area contributed by atoms with Gasteiger partial charge >= 0.3 is 6.18 Å². The number of rotatable bonds is 5. The summed E-state index contributed by atoms with van der Waals surface area (Å²) in [5.74, 6) is -0.964. The maximum absolute atomic E-state index is 12.7. The van der Waals surface area contributed by atoms with E-state index in [2.05, 4.69) is 10.6 Å². The SMILES string of the molecule is CCCNC(=O)c1cccc(NC(=O)c2cccc(C(F)(F)F)c2)c1. The number of benzene rings is 2. The van der Waals surface area contributed by atoms with Crippen molar-refractivity contribution in [2.24, 2.45) is 0 Å². The minimum Gasteiger partial charge on any atom is -0.352 e. The van der Waals surface area contributed by atoms with Crippen molar-refractivity contribution in [1.29, 1.82) is 0 Å². The third-order valence-corrected chi connectivity index (χ3v) is 3.37. The number of nitrogens with one attached hydrogen (secondary N) is 2. The van der Waals surface area contributed by atoms with Crippen LogP contribution in [-0.4, -0.2) is 18.4 Å². The Kier molecular flexibility index (Phi) is 5.80. The minimum atomic E-state index is -4.52. The quantitative estimate of drug-likeness (QED) is 0.853. The first-order chi connectivity index (χ1) is 11.8. The molecule has 25 heavy (non-hydrogen) atoms. The summed E-state index contributed by atoms with van der Waals surface area (Å²) in [5.41, 5.74) is -0.328. The molecule has 0 heterocycles. The fraction of sp³-hybridized carbons (Fsp3) is 0.222. The van der Waals surface area contributed by atoms with Crippen molar-refractivity contribution in [2.45, 2.75) is 19.5 Å². The van der Waals surface area contributed by atoms with Gasteiger partial charge in [0.2, 0.25) is 0 Å². The topological polar surface area (TPSA) is 58.2 Å². The lowest BCUT2D eigenvalue weighted by Gasteiger charge is -2.10. The molecule has 0 spiro atoms. The Morgan fingerprint density at radius 2 is 1.60 bits per heavy atom. The predicted molar refractivity (Wildman–Crippen MR) is 88.5 cm³/mol. The second-order valence-electron chi connectivity index (χ2n) is 5.37. The molecule has 0 saturated carbocycles. The lowest BCUT2D eigenvalue weighted by atomic mass is 10.1. The van der Waals surface area contributed by atoms with E-state index < -0.39 is 17.6 Å². The van der Waals surface area contributed by atoms with Crippen LogP contribution in [0.3, 0.4) is 0 Å². The minimum absolute atomic E-state index is 0.115. The van der Waals surface area contributed by atoms with Crippen LogP contribution < -0.4 is 10.6 Å². The Bertz CT molecular complexity index is 773. The molecule has 0 unspecified atom stereocenters. The number of anilines is 1. The van der Waals surface area contributed by atoms with Crippen molar-refractivity contribution < 1.29 is 22.8 Å². The molecule has 2 aromatic rings. The van der Waals surface area contributed by atoms with Gasteiger partial charge in [0.25, 0.3) is 11.8 Å². The smallest absolute Gasteiger partial charge is 0.352 e. The van der Waals surface area contributed by atoms with E-state index >= 15 is 0 Å². The molecule has 0 fully saturated rings. The van der Waals surface area contributed by atoms with E-state index in [-0.39, 0.29) is 11.5 Å². The van der Waals surface area contributed by atoms with Gasteiger partial charge in [-0.25, -0.2) is 0 Å². The van der Waals surface area contributed by atoms with Crippen LogP contribution >= 0.6 is 0 Å². The monoisotopic (exact) mass is 350 g/mol. The third kappa shape index (κ3) is 5.07. The number of alkyl halides is 3. The average molecular weight is 350 g/mol. The molecule has 0 aliphatic heterocycles. The van der Waals surface area contributed by atoms with Crippen LogP contribution in [0.5, 0.6) is 0 Å². The summed E-state index contributed by atoms with van der Waals surface area (Å²) in [7, 11) is 0. The summed E-state index contributed by atoms with van der Waals surface area (Å²) in [6.07, 6.45) is -3.73. The van der Waals surface area contributed by atoms with E-state index in [4.69, 9.17) is 0 Å². The van der Waals surface area contributed by atoms with Gasteiger partial charge in [0.05, 0.1) is 5.56 Å². The first kappa shape index (κ1) is 18.5. The maximum Gasteiger partial charge on any atom is 0.416 e. The van der Waals surface area contributed by atoms with E-state index in [1.807, 2.05) is 6.92 Å². The zero-order chi connectivity index (χ0) is 18.4. The standard InChI is InChI=1S/C18H17F3N2O2/c1-2-9-22-16(24)13-6-4-8-15(11-13)23-17(25)12-5-3-7-14(10-12)18(19,20)21/h3-8,10-11H,2,9H2,1H3,(H,22,24)(H,23,25). The van der Waals surface area contributed by atoms with E-state index in [1.54, 1.807) is 18.2 Å². The van der Waals surface area contributed by atoms with Gasteiger partial charge in [-0.2, -0.15) is 13.2 Å². The lowest BCUT2D eigenvalue weighted by molar-refractivity contribution is -0.137. The highest BCUT2D eigenvalue weighted by Crippen LogP contribution is 2.29. The Hall–Kier alpha value is -2.83. The highest BCUT2D eigenvalue weighted by Gasteiger charge is 2.30. The average Bonchev–Trinajstić information content (AvgIpc) is 2.59. The largest absolute Gasteiger partial charge is 0.416 e.